The molecule has 2 saturated heterocycles. The highest BCUT2D eigenvalue weighted by molar-refractivity contribution is 7.89. The molecule has 3 aromatic rings. The fourth-order valence-corrected chi connectivity index (χ4v) is 6.55. The molecule has 0 radical (unpaired) electrons. The molecule has 2 aliphatic rings. The molecule has 0 spiro atoms. The first-order chi connectivity index (χ1) is 23.0. The Labute approximate surface area is 251 Å². The number of thiazole rings is 1. The summed E-state index contributed by atoms with van der Waals surface area (Å²) in [4.78, 5) is 16.8. The molecule has 2 aromatic carbocycles. The number of amides is 1. The summed E-state index contributed by atoms with van der Waals surface area (Å²) in [5, 5.41) is 14.0. The van der Waals surface area contributed by atoms with Crippen LogP contribution in [0.2, 0.25) is 0 Å². The monoisotopic (exact) mass is 600 g/mol. The Bertz CT molecular complexity index is 1830. The largest absolute Gasteiger partial charge is 0.443 e. The van der Waals surface area contributed by atoms with Crippen molar-refractivity contribution in [1.82, 2.24) is 14.6 Å². The average Bonchev–Trinajstić information content (AvgIpc) is 3.67. The van der Waals surface area contributed by atoms with Crippen LogP contribution < -0.4 is 11.1 Å². The first kappa shape index (κ1) is 18.6. The van der Waals surface area contributed by atoms with Gasteiger partial charge in [0.25, 0.3) is 0 Å². The van der Waals surface area contributed by atoms with Gasteiger partial charge in [0.15, 0.2) is 11.4 Å². The number of hydrogen-bond acceptors (Lipinski definition) is 10. The lowest BCUT2D eigenvalue weighted by Gasteiger charge is -2.30. The number of carbonyl (C=O) groups is 1. The highest BCUT2D eigenvalue weighted by Crippen LogP contribution is 2.33. The van der Waals surface area contributed by atoms with E-state index in [0.717, 1.165) is 23.5 Å². The van der Waals surface area contributed by atoms with Gasteiger partial charge in [-0.3, -0.25) is 0 Å². The zero-order valence-electron chi connectivity index (χ0n) is 30.9. The number of alkyl carbamates (subject to hydrolysis) is 1. The van der Waals surface area contributed by atoms with E-state index < -0.39 is 84.3 Å². The number of nitrogens with two attached hydrogens (primary N) is 1. The Morgan fingerprint density at radius 3 is 3.02 bits per heavy atom. The number of ether oxygens (including phenoxy) is 3. The molecule has 0 bridgehead atoms. The summed E-state index contributed by atoms with van der Waals surface area (Å²) in [7, 11) is -5.18. The summed E-state index contributed by atoms with van der Waals surface area (Å²) in [5.41, 5.74) is 6.52. The Morgan fingerprint density at radius 2 is 2.23 bits per heavy atom. The van der Waals surface area contributed by atoms with Gasteiger partial charge >= 0.3 is 6.09 Å². The Kier molecular flexibility index (Phi) is 5.75. The second kappa shape index (κ2) is 12.4. The van der Waals surface area contributed by atoms with Gasteiger partial charge in [0.2, 0.25) is 10.0 Å². The highest BCUT2D eigenvalue weighted by atomic mass is 32.2. The van der Waals surface area contributed by atoms with E-state index in [9.17, 15) is 18.3 Å². The quantitative estimate of drug-likeness (QED) is 0.301. The number of nitrogens with zero attached hydrogens (tertiary/aromatic N) is 2. The lowest BCUT2D eigenvalue weighted by molar-refractivity contribution is -0.0907. The van der Waals surface area contributed by atoms with Crippen molar-refractivity contribution in [2.45, 2.75) is 55.5 Å². The highest BCUT2D eigenvalue weighted by Gasteiger charge is 2.44. The first-order valence-corrected chi connectivity index (χ1v) is 14.5. The fraction of sp³-hybridized carbons (Fsp3) is 0.481. The predicted molar refractivity (Wildman–Crippen MR) is 150 cm³/mol. The normalized spacial score (nSPS) is 30.1. The van der Waals surface area contributed by atoms with E-state index >= 15 is 0 Å². The van der Waals surface area contributed by atoms with Gasteiger partial charge < -0.3 is 30.4 Å². The van der Waals surface area contributed by atoms with Crippen LogP contribution in [0.3, 0.4) is 0 Å². The summed E-state index contributed by atoms with van der Waals surface area (Å²) in [5.74, 6) is -1.01. The predicted octanol–water partition coefficient (Wildman–Crippen LogP) is 2.74. The van der Waals surface area contributed by atoms with E-state index in [0.29, 0.717) is 11.1 Å². The van der Waals surface area contributed by atoms with E-state index in [1.165, 1.54) is 6.07 Å². The third-order valence-electron chi connectivity index (χ3n) is 6.42. The number of nitrogen functional groups attached to an aromatic ring is 1. The Balaban J connectivity index is 1.51. The van der Waals surface area contributed by atoms with E-state index in [1.54, 1.807) is 30.3 Å². The van der Waals surface area contributed by atoms with Crippen molar-refractivity contribution in [3.63, 3.8) is 0 Å². The molecule has 2 aliphatic heterocycles. The van der Waals surface area contributed by atoms with Crippen LogP contribution in [0.5, 0.6) is 0 Å². The maximum Gasteiger partial charge on any atom is 0.407 e. The van der Waals surface area contributed by atoms with Crippen LogP contribution in [0.1, 0.15) is 38.9 Å². The fourth-order valence-electron chi connectivity index (χ4n) is 4.43. The molecular formula is C27H34N4O7S2. The number of aromatic nitrogens is 1. The minimum atomic E-state index is -5.18. The number of rotatable bonds is 11. The molecular weight excluding hydrogens is 556 g/mol. The number of fused-ring (bicyclic) bond motifs is 2. The second-order valence-corrected chi connectivity index (χ2v) is 12.0. The summed E-state index contributed by atoms with van der Waals surface area (Å²) in [6.07, 6.45) is -11.2. The Hall–Kier alpha value is -2.81. The van der Waals surface area contributed by atoms with Gasteiger partial charge in [-0.25, -0.2) is 18.2 Å². The standard InChI is InChI=1S/C27H34N4O7S2/c1-2-11-31(40(34,35)18-8-9-20-24(14-18)39-26(28)29-20)15-22(32)21(13-17-6-4-3-5-7-17)30-27(33)38-23-16-37-25-19(23)10-12-36-25/h3-9,14,19,21-23,25,32H,2,10-13,15-16H2,1H3,(H2,28,29)(H,30,33)/t19?,21-,22+,23-,25+/m0/s1/i1D3,2D2,11D2,16D2,23D. The number of anilines is 1. The van der Waals surface area contributed by atoms with Crippen molar-refractivity contribution in [2.75, 3.05) is 31.9 Å². The lowest BCUT2D eigenvalue weighted by atomic mass is 10.0. The molecule has 13 heteroatoms. The molecule has 1 unspecified atom stereocenters. The van der Waals surface area contributed by atoms with Crippen molar-refractivity contribution < 1.29 is 46.2 Å². The van der Waals surface area contributed by atoms with Crippen molar-refractivity contribution >= 4 is 42.8 Å². The van der Waals surface area contributed by atoms with Crippen molar-refractivity contribution in [3.8, 4) is 0 Å². The van der Waals surface area contributed by atoms with Gasteiger partial charge in [0.1, 0.15) is 6.08 Å². The van der Waals surface area contributed by atoms with Gasteiger partial charge in [-0.1, -0.05) is 48.5 Å². The van der Waals surface area contributed by atoms with E-state index in [4.69, 9.17) is 33.7 Å². The number of carbonyl (C=O) groups excluding carboxylic acids is 1. The van der Waals surface area contributed by atoms with Crippen LogP contribution in [0.25, 0.3) is 10.2 Å². The van der Waals surface area contributed by atoms with Gasteiger partial charge in [0.05, 0.1) is 50.5 Å². The number of aliphatic hydroxyl groups excluding tert-OH is 1. The van der Waals surface area contributed by atoms with E-state index in [1.807, 2.05) is 0 Å². The van der Waals surface area contributed by atoms with Gasteiger partial charge in [-0.2, -0.15) is 4.31 Å². The minimum absolute atomic E-state index is 0.0975. The summed E-state index contributed by atoms with van der Waals surface area (Å²) >= 11 is 0.913. The summed E-state index contributed by atoms with van der Waals surface area (Å²) < 4.78 is 126. The van der Waals surface area contributed by atoms with Crippen LogP contribution in [0, 0.1) is 5.92 Å². The lowest BCUT2D eigenvalue weighted by Crippen LogP contribution is -2.51. The molecule has 5 atom stereocenters. The molecule has 0 saturated carbocycles. The van der Waals surface area contributed by atoms with Crippen LogP contribution in [0.4, 0.5) is 9.93 Å². The minimum Gasteiger partial charge on any atom is -0.443 e. The van der Waals surface area contributed by atoms with Gasteiger partial charge in [0, 0.05) is 22.6 Å². The third kappa shape index (κ3) is 6.40. The number of sulfonamides is 1. The summed E-state index contributed by atoms with van der Waals surface area (Å²) in [6, 6.07) is 9.99. The number of hydrogen-bond donors (Lipinski definition) is 3. The van der Waals surface area contributed by atoms with Crippen molar-refractivity contribution in [1.29, 1.82) is 0 Å². The smallest absolute Gasteiger partial charge is 0.407 e. The van der Waals surface area contributed by atoms with Gasteiger partial charge in [-0.05, 0) is 43.0 Å². The topological polar surface area (TPSA) is 153 Å². The third-order valence-corrected chi connectivity index (χ3v) is 8.94. The average molecular weight is 601 g/mol. The van der Waals surface area contributed by atoms with Crippen LogP contribution in [-0.2, 0) is 30.7 Å². The molecule has 1 amide bonds. The van der Waals surface area contributed by atoms with Crippen molar-refractivity contribution in [2.24, 2.45) is 5.92 Å². The first-order valence-electron chi connectivity index (χ1n) is 17.2. The molecule has 3 heterocycles. The number of aliphatic hydroxyl groups is 1. The van der Waals surface area contributed by atoms with E-state index in [2.05, 4.69) is 10.3 Å². The molecule has 1 aromatic heterocycles. The summed E-state index contributed by atoms with van der Waals surface area (Å²) in [6.45, 7) is -11.5. The number of nitrogens with one attached hydrogen (secondary N) is 1. The van der Waals surface area contributed by atoms with E-state index in [-0.39, 0.29) is 33.6 Å². The molecule has 11 nitrogen and oxygen atoms in total. The molecule has 40 heavy (non-hydrogen) atoms. The van der Waals surface area contributed by atoms with Crippen LogP contribution in [-0.4, -0.2) is 79.6 Å². The zero-order valence-corrected chi connectivity index (χ0v) is 22.6. The molecule has 5 rings (SSSR count). The van der Waals surface area contributed by atoms with Crippen LogP contribution >= 0.6 is 11.3 Å². The molecule has 0 aliphatic carbocycles. The van der Waals surface area contributed by atoms with Gasteiger partial charge in [-0.15, -0.1) is 0 Å². The maximum atomic E-state index is 14.2. The molecule has 4 N–H and O–H groups in total. The Morgan fingerprint density at radius 1 is 1.40 bits per heavy atom. The van der Waals surface area contributed by atoms with Crippen molar-refractivity contribution in [3.05, 3.63) is 54.1 Å². The number of benzene rings is 2. The second-order valence-electron chi connectivity index (χ2n) is 9.07. The molecule has 2 fully saturated rings. The maximum absolute atomic E-state index is 14.2. The molecule has 216 valence electrons. The SMILES string of the molecule is [2H]C([2H])([2H])C([2H])([2H])C([2H])([2H])N(C[C@@H](O)[C@H](Cc1ccccc1)NC(=O)O[C@]1([2H])C2CCO[C@@H]2OC1([2H])[2H])S(=O)(=O)c1ccc2nc(N)sc2c1. The zero-order chi connectivity index (χ0) is 37.1. The van der Waals surface area contributed by atoms with Crippen LogP contribution in [0.15, 0.2) is 53.4 Å².